The van der Waals surface area contributed by atoms with Crippen molar-refractivity contribution in [3.8, 4) is 11.4 Å². The highest BCUT2D eigenvalue weighted by Crippen LogP contribution is 2.45. The average molecular weight is 930 g/mol. The molecule has 9 aromatic carbocycles. The molecule has 0 saturated carbocycles. The summed E-state index contributed by atoms with van der Waals surface area (Å²) in [6.45, 7) is 14.3. The zero-order valence-electron chi connectivity index (χ0n) is 40.7. The molecule has 0 atom stereocenters. The Balaban J connectivity index is 1.16. The van der Waals surface area contributed by atoms with Gasteiger partial charge in [-0.05, 0) is 118 Å². The second kappa shape index (κ2) is 14.1. The third-order valence-electron chi connectivity index (χ3n) is 16.7. The van der Waals surface area contributed by atoms with E-state index in [0.717, 1.165) is 0 Å². The number of nitrogens with zero attached hydrogens (tertiary/aromatic N) is 5. The molecule has 5 nitrogen and oxygen atoms in total. The number of benzene rings is 9. The lowest BCUT2D eigenvalue weighted by Gasteiger charge is -2.40. The third-order valence-corrected chi connectivity index (χ3v) is 17.9. The summed E-state index contributed by atoms with van der Waals surface area (Å²) in [6.07, 6.45) is 0. The van der Waals surface area contributed by atoms with E-state index in [-0.39, 0.29) is 13.4 Å². The third kappa shape index (κ3) is 4.96. The van der Waals surface area contributed by atoms with Gasteiger partial charge < -0.3 is 22.3 Å². The van der Waals surface area contributed by atoms with Gasteiger partial charge in [0.2, 0.25) is 6.71 Å². The maximum atomic E-state index is 2.70. The first-order valence-electron chi connectivity index (χ1n) is 25.6. The topological polar surface area (TPSA) is 23.1 Å². The Hall–Kier alpha value is -7.54. The fourth-order valence-electron chi connectivity index (χ4n) is 13.8. The average Bonchev–Trinajstić information content (AvgIpc) is 3.41. The van der Waals surface area contributed by atoms with E-state index >= 15 is 0 Å². The molecule has 0 unspecified atom stereocenters. The van der Waals surface area contributed by atoms with Crippen LogP contribution in [-0.4, -0.2) is 35.8 Å². The van der Waals surface area contributed by atoms with Gasteiger partial charge in [-0.2, -0.15) is 0 Å². The van der Waals surface area contributed by atoms with E-state index < -0.39 is 0 Å². The molecule has 4 aromatic heterocycles. The lowest BCUT2D eigenvalue weighted by atomic mass is 9.31. The van der Waals surface area contributed by atoms with E-state index in [1.165, 1.54) is 142 Å². The fourth-order valence-corrected chi connectivity index (χ4v) is 15.0. The molecule has 71 heavy (non-hydrogen) atoms. The van der Waals surface area contributed by atoms with E-state index in [4.69, 9.17) is 0 Å². The molecule has 13 aromatic rings. The summed E-state index contributed by atoms with van der Waals surface area (Å²) in [6, 6.07) is 65.5. The minimum Gasteiger partial charge on any atom is -0.307 e. The van der Waals surface area contributed by atoms with Crippen LogP contribution in [0.1, 0.15) is 76.0 Å². The van der Waals surface area contributed by atoms with E-state index in [1.807, 2.05) is 11.8 Å². The van der Waals surface area contributed by atoms with Crippen molar-refractivity contribution < 1.29 is 0 Å². The number of hydrogen-bond donors (Lipinski definition) is 0. The summed E-state index contributed by atoms with van der Waals surface area (Å²) in [5, 5.41) is 0. The van der Waals surface area contributed by atoms with E-state index in [0.29, 0.717) is 17.8 Å². The van der Waals surface area contributed by atoms with Crippen molar-refractivity contribution in [3.05, 3.63) is 187 Å². The van der Waals surface area contributed by atoms with Gasteiger partial charge in [-0.1, -0.05) is 173 Å². The van der Waals surface area contributed by atoms with E-state index in [9.17, 15) is 0 Å². The molecule has 0 spiro atoms. The van der Waals surface area contributed by atoms with Crippen molar-refractivity contribution in [2.45, 2.75) is 69.1 Å². The number of fused-ring (bicyclic) bond motifs is 20. The highest BCUT2D eigenvalue weighted by molar-refractivity contribution is 8.00. The molecule has 0 radical (unpaired) electrons. The highest BCUT2D eigenvalue weighted by atomic mass is 32.2. The Kier molecular flexibility index (Phi) is 7.97. The van der Waals surface area contributed by atoms with Gasteiger partial charge in [0.15, 0.2) is 0 Å². The smallest absolute Gasteiger partial charge is 0.252 e. The van der Waals surface area contributed by atoms with Crippen LogP contribution in [0, 0.1) is 0 Å². The number of rotatable bonds is 4. The SMILES string of the molecule is CC(C)c1cc(C(C)C)c(B2c3ccccc3Sc3cc4c(cc32)B2c3ccccc3-n3c5ccccc5n5c6ccccc6n6c7ccccc7n7c8ccccc8n-4c4c2c3c5c6c47)c(C(C)C)c1. The molecule has 0 aliphatic carbocycles. The van der Waals surface area contributed by atoms with Gasteiger partial charge in [0.1, 0.15) is 0 Å². The molecule has 0 N–H and O–H groups in total. The Bertz CT molecular complexity index is 4530. The zero-order chi connectivity index (χ0) is 47.3. The summed E-state index contributed by atoms with van der Waals surface area (Å²) in [4.78, 5) is 2.69. The predicted molar refractivity (Wildman–Crippen MR) is 303 cm³/mol. The molecular weight excluding hydrogens is 880 g/mol. The standard InChI is InChI=1S/C63H49B2N5S/c1-35(2)38-31-39(36(3)4)57(40(32-38)37(5)6)65-42-20-8-18-30-55(42)71-56-34-54-43(33-44(56)65)64-41-19-7-9-21-45(41)66-46-22-10-11-23-47(46)67-48-24-12-14-26-50(48)69-51-27-15-13-25-49(51)68-52-28-16-17-29-53(52)70(54)60-58(64)59(66)61(67)63(69)62(60)68/h7-37H,1-6H3. The van der Waals surface area contributed by atoms with Crippen molar-refractivity contribution in [3.63, 3.8) is 0 Å². The van der Waals surface area contributed by atoms with Gasteiger partial charge in [0.25, 0.3) is 6.71 Å². The summed E-state index contributed by atoms with van der Waals surface area (Å²) >= 11 is 1.96. The van der Waals surface area contributed by atoms with Crippen molar-refractivity contribution in [1.29, 1.82) is 0 Å². The lowest BCUT2D eigenvalue weighted by molar-refractivity contribution is 0.812. The first-order valence-corrected chi connectivity index (χ1v) is 26.4. The Morgan fingerprint density at radius 2 is 0.761 bits per heavy atom. The molecule has 0 amide bonds. The van der Waals surface area contributed by atoms with Crippen LogP contribution >= 0.6 is 11.8 Å². The van der Waals surface area contributed by atoms with Crippen LogP contribution in [0.3, 0.4) is 0 Å². The summed E-state index contributed by atoms with van der Waals surface area (Å²) in [5.74, 6) is 1.16. The summed E-state index contributed by atoms with van der Waals surface area (Å²) < 4.78 is 13.1. The molecule has 8 heteroatoms. The van der Waals surface area contributed by atoms with Gasteiger partial charge in [-0.25, -0.2) is 0 Å². The maximum Gasteiger partial charge on any atom is 0.252 e. The van der Waals surface area contributed by atoms with Crippen molar-refractivity contribution >= 4 is 130 Å². The molecule has 16 rings (SSSR count). The lowest BCUT2D eigenvalue weighted by Crippen LogP contribution is -2.63. The Morgan fingerprint density at radius 3 is 1.28 bits per heavy atom. The second-order valence-electron chi connectivity index (χ2n) is 21.4. The second-order valence-corrected chi connectivity index (χ2v) is 22.5. The Labute approximate surface area is 416 Å². The molecular formula is C63H49B2N5S. The van der Waals surface area contributed by atoms with Crippen LogP contribution in [0.2, 0.25) is 0 Å². The van der Waals surface area contributed by atoms with Crippen LogP contribution in [0.4, 0.5) is 0 Å². The molecule has 0 bridgehead atoms. The van der Waals surface area contributed by atoms with Gasteiger partial charge in [0.05, 0.1) is 71.7 Å². The van der Waals surface area contributed by atoms with Crippen LogP contribution in [0.25, 0.3) is 83.1 Å². The largest absolute Gasteiger partial charge is 0.307 e. The van der Waals surface area contributed by atoms with Crippen LogP contribution in [0.5, 0.6) is 0 Å². The van der Waals surface area contributed by atoms with E-state index in [2.05, 4.69) is 234 Å². The van der Waals surface area contributed by atoms with Crippen molar-refractivity contribution in [2.75, 3.05) is 0 Å². The predicted octanol–water partition coefficient (Wildman–Crippen LogP) is 11.8. The minimum absolute atomic E-state index is 0.0483. The monoisotopic (exact) mass is 929 g/mol. The van der Waals surface area contributed by atoms with Crippen molar-refractivity contribution in [2.24, 2.45) is 0 Å². The Morgan fingerprint density at radius 1 is 0.338 bits per heavy atom. The van der Waals surface area contributed by atoms with E-state index in [1.54, 1.807) is 0 Å². The quantitative estimate of drug-likeness (QED) is 0.0980. The maximum absolute atomic E-state index is 2.70. The molecule has 7 heterocycles. The van der Waals surface area contributed by atoms with Gasteiger partial charge in [-0.15, -0.1) is 0 Å². The first kappa shape index (κ1) is 40.2. The van der Waals surface area contributed by atoms with Crippen molar-refractivity contribution in [1.82, 2.24) is 22.3 Å². The molecule has 3 aliphatic heterocycles. The molecule has 0 fully saturated rings. The number of para-hydroxylation sites is 9. The van der Waals surface area contributed by atoms with Crippen LogP contribution in [-0.2, 0) is 0 Å². The van der Waals surface area contributed by atoms with Crippen LogP contribution in [0.15, 0.2) is 180 Å². The molecule has 0 saturated heterocycles. The first-order chi connectivity index (χ1) is 34.8. The summed E-state index contributed by atoms with van der Waals surface area (Å²) in [5.41, 5.74) is 31.1. The van der Waals surface area contributed by atoms with Gasteiger partial charge in [0, 0.05) is 21.2 Å². The zero-order valence-corrected chi connectivity index (χ0v) is 41.5. The normalized spacial score (nSPS) is 13.8. The molecule has 338 valence electrons. The number of aromatic nitrogens is 5. The molecule has 3 aliphatic rings. The van der Waals surface area contributed by atoms with Gasteiger partial charge in [-0.3, -0.25) is 0 Å². The number of hydrogen-bond acceptors (Lipinski definition) is 1. The van der Waals surface area contributed by atoms with Gasteiger partial charge >= 0.3 is 0 Å². The summed E-state index contributed by atoms with van der Waals surface area (Å²) in [7, 11) is 0. The van der Waals surface area contributed by atoms with Crippen LogP contribution < -0.4 is 32.8 Å². The fraction of sp³-hybridized carbons (Fsp3) is 0.143. The highest BCUT2D eigenvalue weighted by Gasteiger charge is 2.45. The minimum atomic E-state index is -0.0483.